The molecule has 4 fully saturated rings. The summed E-state index contributed by atoms with van der Waals surface area (Å²) in [6.45, 7) is 1.28. The van der Waals surface area contributed by atoms with Gasteiger partial charge in [0.15, 0.2) is 0 Å². The van der Waals surface area contributed by atoms with E-state index in [2.05, 4.69) is 17.7 Å². The average molecular weight is 180 g/mol. The molecule has 4 rings (SSSR count). The van der Waals surface area contributed by atoms with Crippen molar-refractivity contribution in [2.75, 3.05) is 13.6 Å². The van der Waals surface area contributed by atoms with E-state index in [0.717, 1.165) is 17.9 Å². The maximum absolute atomic E-state index is 3.72. The molecule has 0 radical (unpaired) electrons. The van der Waals surface area contributed by atoms with Crippen LogP contribution in [0.1, 0.15) is 32.1 Å². The fourth-order valence-corrected chi connectivity index (χ4v) is 4.08. The highest BCUT2D eigenvalue weighted by atomic mass is 15.0. The van der Waals surface area contributed by atoms with Crippen LogP contribution in [0.2, 0.25) is 0 Å². The van der Waals surface area contributed by atoms with Crippen molar-refractivity contribution in [2.24, 2.45) is 11.8 Å². The van der Waals surface area contributed by atoms with Crippen molar-refractivity contribution in [3.63, 3.8) is 0 Å². The first kappa shape index (κ1) is 8.25. The summed E-state index contributed by atoms with van der Waals surface area (Å²) in [6.07, 6.45) is 7.17. The second-order valence-corrected chi connectivity index (χ2v) is 5.45. The molecule has 2 nitrogen and oxygen atoms in total. The Morgan fingerprint density at radius 3 is 2.85 bits per heavy atom. The fraction of sp³-hybridized carbons (Fsp3) is 1.00. The average Bonchev–Trinajstić information content (AvgIpc) is 2.33. The molecule has 13 heavy (non-hydrogen) atoms. The van der Waals surface area contributed by atoms with Crippen LogP contribution in [-0.4, -0.2) is 25.2 Å². The SMILES string of the molecule is CNC12CC3CNC(CC(C3)C1)C2. The van der Waals surface area contributed by atoms with Crippen molar-refractivity contribution in [1.82, 2.24) is 10.6 Å². The first-order chi connectivity index (χ1) is 6.30. The number of hydrogen-bond donors (Lipinski definition) is 2. The lowest BCUT2D eigenvalue weighted by Crippen LogP contribution is -2.53. The van der Waals surface area contributed by atoms with Gasteiger partial charge in [-0.1, -0.05) is 0 Å². The first-order valence-electron chi connectivity index (χ1n) is 5.72. The summed E-state index contributed by atoms with van der Waals surface area (Å²) in [5.41, 5.74) is 0.514. The topological polar surface area (TPSA) is 24.1 Å². The molecule has 4 bridgehead atoms. The summed E-state index contributed by atoms with van der Waals surface area (Å²) in [7, 11) is 2.16. The van der Waals surface area contributed by atoms with E-state index in [1.54, 1.807) is 0 Å². The van der Waals surface area contributed by atoms with Gasteiger partial charge in [0.25, 0.3) is 0 Å². The van der Waals surface area contributed by atoms with Crippen LogP contribution in [-0.2, 0) is 0 Å². The lowest BCUT2D eigenvalue weighted by Gasteiger charge is -2.47. The highest BCUT2D eigenvalue weighted by molar-refractivity contribution is 5.05. The molecule has 2 saturated carbocycles. The summed E-state index contributed by atoms with van der Waals surface area (Å²) in [6, 6.07) is 0.818. The predicted molar refractivity (Wildman–Crippen MR) is 53.6 cm³/mol. The Hall–Kier alpha value is -0.0800. The van der Waals surface area contributed by atoms with Gasteiger partial charge < -0.3 is 10.6 Å². The number of hydrogen-bond acceptors (Lipinski definition) is 2. The Kier molecular flexibility index (Phi) is 1.72. The Bertz CT molecular complexity index is 198. The van der Waals surface area contributed by atoms with E-state index in [9.17, 15) is 0 Å². The molecule has 2 aliphatic heterocycles. The van der Waals surface area contributed by atoms with Gasteiger partial charge in [-0.05, 0) is 57.5 Å². The van der Waals surface area contributed by atoms with Crippen LogP contribution in [0.3, 0.4) is 0 Å². The molecular formula is C11H20N2. The minimum atomic E-state index is 0.514. The molecule has 2 saturated heterocycles. The first-order valence-corrected chi connectivity index (χ1v) is 5.72. The summed E-state index contributed by atoms with van der Waals surface area (Å²) < 4.78 is 0. The summed E-state index contributed by atoms with van der Waals surface area (Å²) in [5, 5.41) is 7.33. The van der Waals surface area contributed by atoms with Gasteiger partial charge in [-0.15, -0.1) is 0 Å². The Morgan fingerprint density at radius 1 is 1.15 bits per heavy atom. The van der Waals surface area contributed by atoms with E-state index in [4.69, 9.17) is 0 Å². The standard InChI is InChI=1S/C11H20N2/c1-12-11-4-8-2-9(5-11)7-13-10(3-8)6-11/h8-10,12-13H,2-7H2,1H3. The minimum absolute atomic E-state index is 0.514. The molecule has 0 amide bonds. The van der Waals surface area contributed by atoms with Crippen molar-refractivity contribution >= 4 is 0 Å². The highest BCUT2D eigenvalue weighted by Crippen LogP contribution is 2.47. The largest absolute Gasteiger partial charge is 0.314 e. The lowest BCUT2D eigenvalue weighted by molar-refractivity contribution is 0.0981. The van der Waals surface area contributed by atoms with Crippen molar-refractivity contribution in [2.45, 2.75) is 43.7 Å². The van der Waals surface area contributed by atoms with Gasteiger partial charge in [-0.2, -0.15) is 0 Å². The molecule has 0 spiro atoms. The number of rotatable bonds is 1. The molecule has 4 aliphatic rings. The Balaban J connectivity index is 1.92. The van der Waals surface area contributed by atoms with Gasteiger partial charge in [0.05, 0.1) is 0 Å². The van der Waals surface area contributed by atoms with Gasteiger partial charge in [0.2, 0.25) is 0 Å². The summed E-state index contributed by atoms with van der Waals surface area (Å²) >= 11 is 0. The van der Waals surface area contributed by atoms with Gasteiger partial charge in [0, 0.05) is 11.6 Å². The Morgan fingerprint density at radius 2 is 2.00 bits per heavy atom. The molecule has 0 aromatic rings. The van der Waals surface area contributed by atoms with E-state index in [1.165, 1.54) is 38.6 Å². The predicted octanol–water partition coefficient (Wildman–Crippen LogP) is 1.13. The molecule has 2 heterocycles. The van der Waals surface area contributed by atoms with Gasteiger partial charge in [-0.3, -0.25) is 0 Å². The van der Waals surface area contributed by atoms with Crippen LogP contribution >= 0.6 is 0 Å². The van der Waals surface area contributed by atoms with E-state index >= 15 is 0 Å². The molecule has 0 aromatic carbocycles. The second kappa shape index (κ2) is 2.71. The third kappa shape index (κ3) is 1.23. The van der Waals surface area contributed by atoms with Crippen LogP contribution in [0.5, 0.6) is 0 Å². The van der Waals surface area contributed by atoms with Gasteiger partial charge in [-0.25, -0.2) is 0 Å². The third-order valence-corrected chi connectivity index (χ3v) is 4.51. The maximum Gasteiger partial charge on any atom is 0.0199 e. The Labute approximate surface area is 80.5 Å². The van der Waals surface area contributed by atoms with Crippen LogP contribution < -0.4 is 10.6 Å². The molecule has 4 atom stereocenters. The number of nitrogens with one attached hydrogen (secondary N) is 2. The van der Waals surface area contributed by atoms with Crippen molar-refractivity contribution < 1.29 is 0 Å². The van der Waals surface area contributed by atoms with Crippen LogP contribution in [0, 0.1) is 11.8 Å². The summed E-state index contributed by atoms with van der Waals surface area (Å²) in [5.74, 6) is 1.97. The molecular weight excluding hydrogens is 160 g/mol. The fourth-order valence-electron chi connectivity index (χ4n) is 4.08. The van der Waals surface area contributed by atoms with E-state index < -0.39 is 0 Å². The second-order valence-electron chi connectivity index (χ2n) is 5.45. The zero-order chi connectivity index (χ0) is 8.89. The number of fused-ring (bicyclic) bond motifs is 1. The molecule has 2 heteroatoms. The molecule has 4 unspecified atom stereocenters. The molecule has 2 N–H and O–H groups in total. The monoisotopic (exact) mass is 180 g/mol. The third-order valence-electron chi connectivity index (χ3n) is 4.51. The molecule has 0 aromatic heterocycles. The van der Waals surface area contributed by atoms with E-state index in [-0.39, 0.29) is 0 Å². The van der Waals surface area contributed by atoms with Gasteiger partial charge >= 0.3 is 0 Å². The van der Waals surface area contributed by atoms with Crippen molar-refractivity contribution in [3.05, 3.63) is 0 Å². The zero-order valence-electron chi connectivity index (χ0n) is 8.47. The van der Waals surface area contributed by atoms with E-state index in [1.807, 2.05) is 0 Å². The van der Waals surface area contributed by atoms with Crippen molar-refractivity contribution in [3.8, 4) is 0 Å². The molecule has 2 aliphatic carbocycles. The van der Waals surface area contributed by atoms with Gasteiger partial charge in [0.1, 0.15) is 0 Å². The van der Waals surface area contributed by atoms with Crippen molar-refractivity contribution in [1.29, 1.82) is 0 Å². The highest BCUT2D eigenvalue weighted by Gasteiger charge is 2.47. The van der Waals surface area contributed by atoms with Crippen LogP contribution in [0.4, 0.5) is 0 Å². The smallest absolute Gasteiger partial charge is 0.0199 e. The molecule has 74 valence electrons. The normalized spacial score (nSPS) is 53.8. The summed E-state index contributed by atoms with van der Waals surface area (Å²) in [4.78, 5) is 0. The maximum atomic E-state index is 3.72. The van der Waals surface area contributed by atoms with Crippen LogP contribution in [0.25, 0.3) is 0 Å². The minimum Gasteiger partial charge on any atom is -0.314 e. The van der Waals surface area contributed by atoms with E-state index in [0.29, 0.717) is 5.54 Å². The lowest BCUT2D eigenvalue weighted by atomic mass is 9.64. The quantitative estimate of drug-likeness (QED) is 0.632. The zero-order valence-corrected chi connectivity index (χ0v) is 8.47. The van der Waals surface area contributed by atoms with Crippen LogP contribution in [0.15, 0.2) is 0 Å².